The highest BCUT2D eigenvalue weighted by molar-refractivity contribution is 6.12. The lowest BCUT2D eigenvalue weighted by molar-refractivity contribution is -0.117. The summed E-state index contributed by atoms with van der Waals surface area (Å²) in [7, 11) is 3.27. The topological polar surface area (TPSA) is 91.8 Å². The standard InChI is InChI=1S/C19H20N4O4/c1-22(16(12-27-2)15-5-3-4-10-20-15)18(25)13-6-8-14(9-7-13)23-11-17(24)21-19(23)26/h3-10,16H,11-12H2,1-2H3,(H,21,24,26). The van der Waals surface area contributed by atoms with E-state index in [1.165, 1.54) is 4.90 Å². The molecule has 27 heavy (non-hydrogen) atoms. The Morgan fingerprint density at radius 1 is 1.26 bits per heavy atom. The van der Waals surface area contributed by atoms with Crippen molar-refractivity contribution in [1.29, 1.82) is 0 Å². The lowest BCUT2D eigenvalue weighted by atomic mass is 10.1. The minimum absolute atomic E-state index is 0.0262. The molecule has 0 saturated carbocycles. The summed E-state index contributed by atoms with van der Waals surface area (Å²) in [5.74, 6) is -0.547. The van der Waals surface area contributed by atoms with E-state index in [0.29, 0.717) is 17.9 Å². The van der Waals surface area contributed by atoms with Gasteiger partial charge in [-0.15, -0.1) is 0 Å². The van der Waals surface area contributed by atoms with Crippen molar-refractivity contribution in [3.05, 3.63) is 59.9 Å². The highest BCUT2D eigenvalue weighted by Crippen LogP contribution is 2.22. The van der Waals surface area contributed by atoms with Gasteiger partial charge in [0.15, 0.2) is 0 Å². The van der Waals surface area contributed by atoms with Gasteiger partial charge >= 0.3 is 6.03 Å². The van der Waals surface area contributed by atoms with Gasteiger partial charge in [0.05, 0.1) is 18.3 Å². The van der Waals surface area contributed by atoms with Crippen LogP contribution in [0.5, 0.6) is 0 Å². The molecule has 1 saturated heterocycles. The first kappa shape index (κ1) is 18.5. The predicted octanol–water partition coefficient (Wildman–Crippen LogP) is 1.60. The Balaban J connectivity index is 1.78. The molecule has 4 amide bonds. The Hall–Kier alpha value is -3.26. The fourth-order valence-corrected chi connectivity index (χ4v) is 2.91. The second kappa shape index (κ2) is 7.96. The van der Waals surface area contributed by atoms with Crippen LogP contribution in [0.1, 0.15) is 22.1 Å². The molecule has 1 N–H and O–H groups in total. The number of imide groups is 1. The second-order valence-corrected chi connectivity index (χ2v) is 6.13. The Morgan fingerprint density at radius 2 is 2.00 bits per heavy atom. The summed E-state index contributed by atoms with van der Waals surface area (Å²) in [6.07, 6.45) is 1.67. The van der Waals surface area contributed by atoms with Gasteiger partial charge in [-0.1, -0.05) is 6.07 Å². The molecule has 0 aliphatic carbocycles. The minimum Gasteiger partial charge on any atom is -0.382 e. The number of anilines is 1. The second-order valence-electron chi connectivity index (χ2n) is 6.13. The lowest BCUT2D eigenvalue weighted by Gasteiger charge is -2.27. The van der Waals surface area contributed by atoms with E-state index in [4.69, 9.17) is 4.74 Å². The van der Waals surface area contributed by atoms with Crippen LogP contribution in [0.15, 0.2) is 48.7 Å². The van der Waals surface area contributed by atoms with Gasteiger partial charge < -0.3 is 9.64 Å². The average Bonchev–Trinajstić information content (AvgIpc) is 3.04. The molecule has 1 aromatic heterocycles. The molecular formula is C19H20N4O4. The maximum absolute atomic E-state index is 12.9. The summed E-state index contributed by atoms with van der Waals surface area (Å²) < 4.78 is 5.26. The van der Waals surface area contributed by atoms with Gasteiger partial charge in [0, 0.05) is 31.6 Å². The van der Waals surface area contributed by atoms with Crippen molar-refractivity contribution in [3.63, 3.8) is 0 Å². The number of amides is 4. The largest absolute Gasteiger partial charge is 0.382 e. The molecule has 0 bridgehead atoms. The SMILES string of the molecule is COCC(c1ccccn1)N(C)C(=O)c1ccc(N2CC(=O)NC2=O)cc1. The number of urea groups is 1. The molecule has 1 aromatic carbocycles. The fourth-order valence-electron chi connectivity index (χ4n) is 2.91. The molecule has 2 aromatic rings. The van der Waals surface area contributed by atoms with Gasteiger partial charge in [-0.2, -0.15) is 0 Å². The van der Waals surface area contributed by atoms with Crippen LogP contribution < -0.4 is 10.2 Å². The van der Waals surface area contributed by atoms with Gasteiger partial charge in [-0.3, -0.25) is 24.8 Å². The van der Waals surface area contributed by atoms with Gasteiger partial charge in [0.1, 0.15) is 6.54 Å². The summed E-state index contributed by atoms with van der Waals surface area (Å²) in [5.41, 5.74) is 1.75. The zero-order valence-electron chi connectivity index (χ0n) is 15.1. The number of aromatic nitrogens is 1. The maximum atomic E-state index is 12.9. The molecular weight excluding hydrogens is 348 g/mol. The fraction of sp³-hybridized carbons (Fsp3) is 0.263. The maximum Gasteiger partial charge on any atom is 0.329 e. The van der Waals surface area contributed by atoms with Crippen molar-refractivity contribution in [2.45, 2.75) is 6.04 Å². The van der Waals surface area contributed by atoms with Crippen LogP contribution in [0.2, 0.25) is 0 Å². The van der Waals surface area contributed by atoms with Crippen molar-refractivity contribution in [3.8, 4) is 0 Å². The zero-order valence-corrected chi connectivity index (χ0v) is 15.1. The van der Waals surface area contributed by atoms with E-state index in [1.807, 2.05) is 18.2 Å². The summed E-state index contributed by atoms with van der Waals surface area (Å²) in [4.78, 5) is 43.1. The molecule has 1 aliphatic rings. The number of carbonyl (C=O) groups is 3. The normalized spacial score (nSPS) is 14.8. The number of ether oxygens (including phenoxy) is 1. The first-order chi connectivity index (χ1) is 13.0. The summed E-state index contributed by atoms with van der Waals surface area (Å²) >= 11 is 0. The molecule has 1 fully saturated rings. The Bertz CT molecular complexity index is 839. The third-order valence-corrected chi connectivity index (χ3v) is 4.36. The summed E-state index contributed by atoms with van der Waals surface area (Å²) in [6.45, 7) is 0.287. The number of methoxy groups -OCH3 is 1. The van der Waals surface area contributed by atoms with E-state index in [-0.39, 0.29) is 24.4 Å². The van der Waals surface area contributed by atoms with Crippen molar-refractivity contribution in [2.75, 3.05) is 32.2 Å². The van der Waals surface area contributed by atoms with E-state index < -0.39 is 6.03 Å². The molecule has 140 valence electrons. The predicted molar refractivity (Wildman–Crippen MR) is 98.3 cm³/mol. The van der Waals surface area contributed by atoms with Gasteiger partial charge in [-0.05, 0) is 36.4 Å². The van der Waals surface area contributed by atoms with Crippen molar-refractivity contribution >= 4 is 23.5 Å². The molecule has 8 nitrogen and oxygen atoms in total. The number of nitrogens with one attached hydrogen (secondary N) is 1. The number of carbonyl (C=O) groups excluding carboxylic acids is 3. The highest BCUT2D eigenvalue weighted by Gasteiger charge is 2.28. The van der Waals surface area contributed by atoms with Crippen LogP contribution in [0.3, 0.4) is 0 Å². The molecule has 8 heteroatoms. The lowest BCUT2D eigenvalue weighted by Crippen LogP contribution is -2.34. The third-order valence-electron chi connectivity index (χ3n) is 4.36. The molecule has 1 atom stereocenters. The van der Waals surface area contributed by atoms with Crippen molar-refractivity contribution in [2.24, 2.45) is 0 Å². The Morgan fingerprint density at radius 3 is 2.56 bits per heavy atom. The van der Waals surface area contributed by atoms with E-state index in [0.717, 1.165) is 5.69 Å². The highest BCUT2D eigenvalue weighted by atomic mass is 16.5. The molecule has 0 radical (unpaired) electrons. The number of hydrogen-bond donors (Lipinski definition) is 1. The number of hydrogen-bond acceptors (Lipinski definition) is 5. The molecule has 2 heterocycles. The number of benzene rings is 1. The first-order valence-electron chi connectivity index (χ1n) is 8.39. The van der Waals surface area contributed by atoms with Gasteiger partial charge in [0.25, 0.3) is 5.91 Å². The van der Waals surface area contributed by atoms with Crippen LogP contribution in [0.4, 0.5) is 10.5 Å². The molecule has 3 rings (SSSR count). The minimum atomic E-state index is -0.466. The molecule has 1 unspecified atom stereocenters. The van der Waals surface area contributed by atoms with E-state index in [9.17, 15) is 14.4 Å². The number of likely N-dealkylation sites (N-methyl/N-ethyl adjacent to an activating group) is 1. The van der Waals surface area contributed by atoms with Crippen molar-refractivity contribution in [1.82, 2.24) is 15.2 Å². The number of pyridine rings is 1. The van der Waals surface area contributed by atoms with E-state index in [1.54, 1.807) is 49.5 Å². The Kier molecular flexibility index (Phi) is 5.46. The van der Waals surface area contributed by atoms with Crippen LogP contribution in [-0.2, 0) is 9.53 Å². The smallest absolute Gasteiger partial charge is 0.329 e. The first-order valence-corrected chi connectivity index (χ1v) is 8.39. The third kappa shape index (κ3) is 3.95. The van der Waals surface area contributed by atoms with Crippen LogP contribution >= 0.6 is 0 Å². The zero-order chi connectivity index (χ0) is 19.4. The van der Waals surface area contributed by atoms with Crippen LogP contribution in [0, 0.1) is 0 Å². The van der Waals surface area contributed by atoms with Crippen LogP contribution in [-0.4, -0.2) is 55.0 Å². The van der Waals surface area contributed by atoms with Gasteiger partial charge in [0.2, 0.25) is 5.91 Å². The van der Waals surface area contributed by atoms with Crippen molar-refractivity contribution < 1.29 is 19.1 Å². The van der Waals surface area contributed by atoms with Crippen LogP contribution in [0.25, 0.3) is 0 Å². The molecule has 1 aliphatic heterocycles. The van der Waals surface area contributed by atoms with E-state index >= 15 is 0 Å². The number of rotatable bonds is 6. The summed E-state index contributed by atoms with van der Waals surface area (Å²) in [5, 5.41) is 2.22. The monoisotopic (exact) mass is 368 g/mol. The molecule has 0 spiro atoms. The van der Waals surface area contributed by atoms with E-state index in [2.05, 4.69) is 10.3 Å². The van der Waals surface area contributed by atoms with Gasteiger partial charge in [-0.25, -0.2) is 4.79 Å². The average molecular weight is 368 g/mol. The number of nitrogens with zero attached hydrogens (tertiary/aromatic N) is 3. The summed E-state index contributed by atoms with van der Waals surface area (Å²) in [6, 6.07) is 11.3. The quantitative estimate of drug-likeness (QED) is 0.782. The Labute approximate surface area is 156 Å².